The van der Waals surface area contributed by atoms with Crippen molar-refractivity contribution in [3.8, 4) is 27.9 Å². The molecule has 0 bridgehead atoms. The average molecular weight is 555 g/mol. The molecule has 7 aromatic rings. The van der Waals surface area contributed by atoms with Gasteiger partial charge < -0.3 is 4.57 Å². The number of carbonyl (C=O) groups is 2. The summed E-state index contributed by atoms with van der Waals surface area (Å²) in [5.74, 6) is -0.626. The lowest BCUT2D eigenvalue weighted by Crippen LogP contribution is -2.29. The van der Waals surface area contributed by atoms with Crippen LogP contribution >= 0.6 is 0 Å². The maximum absolute atomic E-state index is 14.2. The van der Waals surface area contributed by atoms with Crippen molar-refractivity contribution in [1.82, 2.24) is 4.57 Å². The van der Waals surface area contributed by atoms with Crippen molar-refractivity contribution in [2.45, 2.75) is 6.92 Å². The Kier molecular flexibility index (Phi) is 5.63. The van der Waals surface area contributed by atoms with Gasteiger partial charge in [0, 0.05) is 10.8 Å². The number of amides is 2. The molecule has 4 heteroatoms. The Labute approximate surface area is 249 Å². The number of hydrogen-bond donors (Lipinski definition) is 0. The van der Waals surface area contributed by atoms with Crippen LogP contribution in [-0.2, 0) is 0 Å². The Bertz CT molecular complexity index is 2210. The third kappa shape index (κ3) is 3.92. The number of aromatic nitrogens is 1. The number of anilines is 1. The molecule has 0 radical (unpaired) electrons. The molecule has 1 aliphatic rings. The van der Waals surface area contributed by atoms with Crippen molar-refractivity contribution in [2.24, 2.45) is 0 Å². The van der Waals surface area contributed by atoms with Crippen LogP contribution < -0.4 is 4.90 Å². The minimum absolute atomic E-state index is 0.310. The van der Waals surface area contributed by atoms with Crippen LogP contribution in [0.15, 0.2) is 140 Å². The minimum Gasteiger partial charge on any atom is -0.308 e. The fourth-order valence-electron chi connectivity index (χ4n) is 6.28. The second-order valence-corrected chi connectivity index (χ2v) is 11.0. The van der Waals surface area contributed by atoms with Crippen LogP contribution in [-0.4, -0.2) is 16.4 Å². The van der Waals surface area contributed by atoms with Crippen LogP contribution in [0.5, 0.6) is 0 Å². The molecule has 2 heterocycles. The van der Waals surface area contributed by atoms with Gasteiger partial charge in [-0.1, -0.05) is 109 Å². The second-order valence-electron chi connectivity index (χ2n) is 11.0. The minimum atomic E-state index is -0.316. The largest absolute Gasteiger partial charge is 0.308 e. The third-order valence-electron chi connectivity index (χ3n) is 8.43. The molecule has 0 saturated carbocycles. The number of para-hydroxylation sites is 1. The molecule has 4 nitrogen and oxygen atoms in total. The van der Waals surface area contributed by atoms with Gasteiger partial charge in [0.2, 0.25) is 0 Å². The highest BCUT2D eigenvalue weighted by Gasteiger charge is 2.39. The van der Waals surface area contributed by atoms with Gasteiger partial charge in [-0.2, -0.15) is 0 Å². The van der Waals surface area contributed by atoms with Gasteiger partial charge in [-0.05, 0) is 65.6 Å². The number of rotatable bonds is 4. The third-order valence-corrected chi connectivity index (χ3v) is 8.43. The quantitative estimate of drug-likeness (QED) is 0.204. The fraction of sp³-hybridized carbons (Fsp3) is 0.0256. The Hall–Kier alpha value is -5.74. The van der Waals surface area contributed by atoms with E-state index in [-0.39, 0.29) is 11.8 Å². The van der Waals surface area contributed by atoms with Gasteiger partial charge in [-0.3, -0.25) is 9.59 Å². The summed E-state index contributed by atoms with van der Waals surface area (Å²) in [5.41, 5.74) is 9.58. The molecule has 204 valence electrons. The zero-order valence-electron chi connectivity index (χ0n) is 23.5. The van der Waals surface area contributed by atoms with Crippen LogP contribution in [0.4, 0.5) is 5.69 Å². The van der Waals surface area contributed by atoms with E-state index in [1.807, 2.05) is 78.9 Å². The van der Waals surface area contributed by atoms with E-state index in [1.54, 1.807) is 6.07 Å². The highest BCUT2D eigenvalue weighted by molar-refractivity contribution is 6.35. The van der Waals surface area contributed by atoms with Gasteiger partial charge in [-0.15, -0.1) is 0 Å². The topological polar surface area (TPSA) is 42.3 Å². The van der Waals surface area contributed by atoms with Gasteiger partial charge in [0.05, 0.1) is 33.5 Å². The molecular formula is C39H26N2O2. The summed E-state index contributed by atoms with van der Waals surface area (Å²) in [6.45, 7) is 2.08. The monoisotopic (exact) mass is 554 g/mol. The van der Waals surface area contributed by atoms with Crippen molar-refractivity contribution < 1.29 is 9.59 Å². The van der Waals surface area contributed by atoms with Crippen molar-refractivity contribution in [3.63, 3.8) is 0 Å². The molecule has 2 amide bonds. The van der Waals surface area contributed by atoms with Crippen LogP contribution in [0, 0.1) is 6.92 Å². The molecule has 0 N–H and O–H groups in total. The summed E-state index contributed by atoms with van der Waals surface area (Å²) in [4.78, 5) is 29.2. The van der Waals surface area contributed by atoms with Crippen LogP contribution in [0.1, 0.15) is 26.3 Å². The number of fused-ring (bicyclic) bond motifs is 4. The van der Waals surface area contributed by atoms with E-state index in [0.717, 1.165) is 44.1 Å². The Balaban J connectivity index is 1.28. The average Bonchev–Trinajstić information content (AvgIpc) is 3.52. The normalized spacial score (nSPS) is 12.8. The molecule has 1 aliphatic heterocycles. The number of nitrogens with zero attached hydrogens (tertiary/aromatic N) is 2. The Morgan fingerprint density at radius 2 is 1.12 bits per heavy atom. The lowest BCUT2D eigenvalue weighted by atomic mass is 10.0. The molecule has 43 heavy (non-hydrogen) atoms. The maximum Gasteiger partial charge on any atom is 0.268 e. The van der Waals surface area contributed by atoms with E-state index in [2.05, 4.69) is 66.1 Å². The molecule has 1 aromatic heterocycles. The molecule has 0 spiro atoms. The highest BCUT2D eigenvalue weighted by atomic mass is 16.2. The first-order valence-corrected chi connectivity index (χ1v) is 14.4. The molecule has 0 fully saturated rings. The van der Waals surface area contributed by atoms with E-state index in [1.165, 1.54) is 10.5 Å². The van der Waals surface area contributed by atoms with E-state index >= 15 is 0 Å². The number of benzene rings is 6. The standard InChI is InChI=1S/C39H26N2O2/c1-25-14-16-28(17-15-25)29-20-23-32-31-10-5-6-12-34(31)41(36(32)24-29)35-13-7-11-33-37(35)39(43)40(38(33)42)30-21-18-27(19-22-30)26-8-3-2-4-9-26/h2-24H,1H3. The lowest BCUT2D eigenvalue weighted by molar-refractivity contribution is 0.0926. The van der Waals surface area contributed by atoms with Gasteiger partial charge in [0.1, 0.15) is 0 Å². The Morgan fingerprint density at radius 1 is 0.488 bits per heavy atom. The van der Waals surface area contributed by atoms with Crippen molar-refractivity contribution >= 4 is 39.3 Å². The van der Waals surface area contributed by atoms with Crippen LogP contribution in [0.2, 0.25) is 0 Å². The van der Waals surface area contributed by atoms with E-state index in [0.29, 0.717) is 22.5 Å². The van der Waals surface area contributed by atoms with Gasteiger partial charge in [0.25, 0.3) is 11.8 Å². The summed E-state index contributed by atoms with van der Waals surface area (Å²) in [7, 11) is 0. The van der Waals surface area contributed by atoms with Gasteiger partial charge >= 0.3 is 0 Å². The Morgan fingerprint density at radius 3 is 1.91 bits per heavy atom. The zero-order valence-corrected chi connectivity index (χ0v) is 23.5. The summed E-state index contributed by atoms with van der Waals surface area (Å²) in [6.07, 6.45) is 0. The van der Waals surface area contributed by atoms with E-state index in [4.69, 9.17) is 0 Å². The summed E-state index contributed by atoms with van der Waals surface area (Å²) < 4.78 is 2.13. The number of carbonyl (C=O) groups excluding carboxylic acids is 2. The predicted octanol–water partition coefficient (Wildman–Crippen LogP) is 9.23. The SMILES string of the molecule is Cc1ccc(-c2ccc3c4ccccc4n(-c4cccc5c4C(=O)N(c4ccc(-c6ccccc6)cc4)C5=O)c3c2)cc1. The highest BCUT2D eigenvalue weighted by Crippen LogP contribution is 2.39. The molecule has 6 aromatic carbocycles. The number of hydrogen-bond acceptors (Lipinski definition) is 2. The predicted molar refractivity (Wildman–Crippen MR) is 174 cm³/mol. The molecule has 8 rings (SSSR count). The van der Waals surface area contributed by atoms with Gasteiger partial charge in [0.15, 0.2) is 0 Å². The summed E-state index contributed by atoms with van der Waals surface area (Å²) in [5, 5.41) is 2.19. The summed E-state index contributed by atoms with van der Waals surface area (Å²) >= 11 is 0. The molecular weight excluding hydrogens is 528 g/mol. The van der Waals surface area contributed by atoms with E-state index in [9.17, 15) is 9.59 Å². The van der Waals surface area contributed by atoms with Crippen LogP contribution in [0.3, 0.4) is 0 Å². The first kappa shape index (κ1) is 25.0. The fourth-order valence-corrected chi connectivity index (χ4v) is 6.28. The van der Waals surface area contributed by atoms with Crippen molar-refractivity contribution in [1.29, 1.82) is 0 Å². The first-order valence-electron chi connectivity index (χ1n) is 14.4. The van der Waals surface area contributed by atoms with E-state index < -0.39 is 0 Å². The summed E-state index contributed by atoms with van der Waals surface area (Å²) in [6, 6.07) is 46.4. The number of aryl methyl sites for hydroxylation is 1. The van der Waals surface area contributed by atoms with Crippen molar-refractivity contribution in [3.05, 3.63) is 156 Å². The molecule has 0 saturated heterocycles. The molecule has 0 atom stereocenters. The number of imide groups is 1. The first-order chi connectivity index (χ1) is 21.1. The van der Waals surface area contributed by atoms with Crippen molar-refractivity contribution in [2.75, 3.05) is 4.90 Å². The smallest absolute Gasteiger partial charge is 0.268 e. The zero-order chi connectivity index (χ0) is 29.1. The molecule has 0 aliphatic carbocycles. The lowest BCUT2D eigenvalue weighted by Gasteiger charge is -2.15. The second kappa shape index (κ2) is 9.68. The van der Waals surface area contributed by atoms with Crippen LogP contribution in [0.25, 0.3) is 49.7 Å². The maximum atomic E-state index is 14.2. The molecule has 0 unspecified atom stereocenters. The van der Waals surface area contributed by atoms with Gasteiger partial charge in [-0.25, -0.2) is 4.90 Å².